The first-order valence-electron chi connectivity index (χ1n) is 8.99. The summed E-state index contributed by atoms with van der Waals surface area (Å²) in [6, 6.07) is 13.8. The molecule has 0 saturated carbocycles. The Balaban J connectivity index is 2.08. The summed E-state index contributed by atoms with van der Waals surface area (Å²) in [5.74, 6) is 0.110. The first-order chi connectivity index (χ1) is 13.5. The van der Waals surface area contributed by atoms with E-state index in [0.717, 1.165) is 12.0 Å². The monoisotopic (exact) mass is 404 g/mol. The fourth-order valence-electron chi connectivity index (χ4n) is 2.46. The van der Waals surface area contributed by atoms with E-state index < -0.39 is 12.1 Å². The second-order valence-electron chi connectivity index (χ2n) is 6.11. The lowest BCUT2D eigenvalue weighted by Gasteiger charge is -2.19. The Hall–Kier alpha value is -2.77. The van der Waals surface area contributed by atoms with Crippen LogP contribution in [0.15, 0.2) is 53.7 Å². The number of aryl methyl sites for hydroxylation is 1. The number of aliphatic hydroxyl groups is 1. The van der Waals surface area contributed by atoms with E-state index in [1.54, 1.807) is 24.3 Å². The number of hydrogen-bond acceptors (Lipinski definition) is 4. The highest BCUT2D eigenvalue weighted by molar-refractivity contribution is 6.30. The number of halogens is 1. The molecule has 8 heteroatoms. The van der Waals surface area contributed by atoms with Gasteiger partial charge in [-0.3, -0.25) is 0 Å². The Bertz CT molecular complexity index is 779. The normalized spacial score (nSPS) is 12.3. The van der Waals surface area contributed by atoms with Crippen molar-refractivity contribution < 1.29 is 14.7 Å². The van der Waals surface area contributed by atoms with Crippen LogP contribution in [0.2, 0.25) is 5.02 Å². The maximum Gasteiger partial charge on any atom is 0.319 e. The standard InChI is InChI=1S/C20H25ClN4O3/c1-2-14-3-5-15(6-4-14)13-18(19(22)25-28-12-11-26)24-20(27)23-17-9-7-16(21)8-10-17/h3-10,18,26H,2,11-13H2,1H3,(H2,22,25)(H2,23,24,27). The molecule has 0 bridgehead atoms. The molecule has 2 rings (SSSR count). The Labute approximate surface area is 169 Å². The molecule has 1 atom stereocenters. The third kappa shape index (κ3) is 7.09. The first kappa shape index (κ1) is 21.5. The van der Waals surface area contributed by atoms with Crippen molar-refractivity contribution >= 4 is 29.2 Å². The summed E-state index contributed by atoms with van der Waals surface area (Å²) in [5, 5.41) is 18.7. The summed E-state index contributed by atoms with van der Waals surface area (Å²) < 4.78 is 0. The zero-order chi connectivity index (χ0) is 20.4. The van der Waals surface area contributed by atoms with Gasteiger partial charge in [0.15, 0.2) is 5.84 Å². The number of anilines is 1. The average molecular weight is 405 g/mol. The van der Waals surface area contributed by atoms with Crippen molar-refractivity contribution in [2.24, 2.45) is 10.9 Å². The number of carbonyl (C=O) groups excluding carboxylic acids is 1. The molecule has 0 saturated heterocycles. The minimum absolute atomic E-state index is 0.0234. The van der Waals surface area contributed by atoms with Crippen LogP contribution in [0.1, 0.15) is 18.1 Å². The van der Waals surface area contributed by atoms with Crippen LogP contribution in [0.5, 0.6) is 0 Å². The van der Waals surface area contributed by atoms with Crippen molar-refractivity contribution in [2.45, 2.75) is 25.8 Å². The highest BCUT2D eigenvalue weighted by Crippen LogP contribution is 2.13. The van der Waals surface area contributed by atoms with Gasteiger partial charge in [0.2, 0.25) is 0 Å². The summed E-state index contributed by atoms with van der Waals surface area (Å²) in [6.07, 6.45) is 1.39. The van der Waals surface area contributed by atoms with Gasteiger partial charge < -0.3 is 26.3 Å². The Morgan fingerprint density at radius 1 is 1.18 bits per heavy atom. The number of urea groups is 1. The molecular weight excluding hydrogens is 380 g/mol. The zero-order valence-corrected chi connectivity index (χ0v) is 16.4. The smallest absolute Gasteiger partial charge is 0.319 e. The number of carbonyl (C=O) groups is 1. The van der Waals surface area contributed by atoms with Gasteiger partial charge in [0, 0.05) is 17.1 Å². The van der Waals surface area contributed by atoms with E-state index in [4.69, 9.17) is 27.3 Å². The van der Waals surface area contributed by atoms with Crippen LogP contribution in [-0.2, 0) is 17.7 Å². The second-order valence-corrected chi connectivity index (χ2v) is 6.54. The van der Waals surface area contributed by atoms with Crippen LogP contribution >= 0.6 is 11.6 Å². The number of nitrogens with two attached hydrogens (primary N) is 1. The molecule has 7 nitrogen and oxygen atoms in total. The van der Waals surface area contributed by atoms with E-state index in [-0.39, 0.29) is 19.0 Å². The Kier molecular flexibility index (Phi) is 8.58. The number of benzene rings is 2. The lowest BCUT2D eigenvalue weighted by Crippen LogP contribution is -2.47. The van der Waals surface area contributed by atoms with Gasteiger partial charge in [-0.15, -0.1) is 0 Å². The Morgan fingerprint density at radius 2 is 1.82 bits per heavy atom. The van der Waals surface area contributed by atoms with E-state index >= 15 is 0 Å². The number of nitrogens with zero attached hydrogens (tertiary/aromatic N) is 1. The van der Waals surface area contributed by atoms with Crippen molar-refractivity contribution in [1.29, 1.82) is 0 Å². The average Bonchev–Trinajstić information content (AvgIpc) is 2.70. The van der Waals surface area contributed by atoms with Crippen molar-refractivity contribution in [3.63, 3.8) is 0 Å². The molecule has 2 amide bonds. The molecule has 0 aliphatic carbocycles. The molecule has 0 aromatic heterocycles. The van der Waals surface area contributed by atoms with Gasteiger partial charge in [0.1, 0.15) is 6.61 Å². The highest BCUT2D eigenvalue weighted by Gasteiger charge is 2.18. The summed E-state index contributed by atoms with van der Waals surface area (Å²) in [5.41, 5.74) is 8.82. The third-order valence-corrected chi connectivity index (χ3v) is 4.24. The first-order valence-corrected chi connectivity index (χ1v) is 9.36. The summed E-state index contributed by atoms with van der Waals surface area (Å²) in [4.78, 5) is 17.3. The summed E-state index contributed by atoms with van der Waals surface area (Å²) in [6.45, 7) is 1.93. The minimum Gasteiger partial charge on any atom is -0.393 e. The molecule has 2 aromatic carbocycles. The van der Waals surface area contributed by atoms with Gasteiger partial charge in [-0.1, -0.05) is 47.9 Å². The van der Waals surface area contributed by atoms with Crippen molar-refractivity contribution in [3.05, 3.63) is 64.7 Å². The fraction of sp³-hybridized carbons (Fsp3) is 0.300. The number of rotatable bonds is 9. The number of hydrogen-bond donors (Lipinski definition) is 4. The summed E-state index contributed by atoms with van der Waals surface area (Å²) in [7, 11) is 0. The van der Waals surface area contributed by atoms with Crippen molar-refractivity contribution in [3.8, 4) is 0 Å². The number of aliphatic hydroxyl groups excluding tert-OH is 1. The van der Waals surface area contributed by atoms with Crippen molar-refractivity contribution in [2.75, 3.05) is 18.5 Å². The molecule has 28 heavy (non-hydrogen) atoms. The number of amidine groups is 1. The van der Waals surface area contributed by atoms with Crippen LogP contribution in [0, 0.1) is 0 Å². The highest BCUT2D eigenvalue weighted by atomic mass is 35.5. The fourth-order valence-corrected chi connectivity index (χ4v) is 2.59. The topological polar surface area (TPSA) is 109 Å². The Morgan fingerprint density at radius 3 is 2.43 bits per heavy atom. The number of oxime groups is 1. The van der Waals surface area contributed by atoms with Crippen molar-refractivity contribution in [1.82, 2.24) is 5.32 Å². The van der Waals surface area contributed by atoms with Gasteiger partial charge in [-0.2, -0.15) is 0 Å². The van der Waals surface area contributed by atoms with E-state index in [0.29, 0.717) is 17.1 Å². The molecule has 0 radical (unpaired) electrons. The molecule has 0 spiro atoms. The third-order valence-electron chi connectivity index (χ3n) is 3.99. The van der Waals surface area contributed by atoms with Crippen LogP contribution < -0.4 is 16.4 Å². The second kappa shape index (κ2) is 11.2. The maximum absolute atomic E-state index is 12.4. The molecule has 2 aromatic rings. The lowest BCUT2D eigenvalue weighted by molar-refractivity contribution is 0.0975. The minimum atomic E-state index is -0.585. The number of nitrogens with one attached hydrogen (secondary N) is 2. The van der Waals surface area contributed by atoms with Gasteiger partial charge in [-0.25, -0.2) is 4.79 Å². The van der Waals surface area contributed by atoms with Crippen LogP contribution in [0.3, 0.4) is 0 Å². The number of amides is 2. The maximum atomic E-state index is 12.4. The SMILES string of the molecule is CCc1ccc(CC(NC(=O)Nc2ccc(Cl)cc2)C(N)=NOCCO)cc1. The molecule has 150 valence electrons. The van der Waals surface area contributed by atoms with Gasteiger partial charge in [0.25, 0.3) is 0 Å². The lowest BCUT2D eigenvalue weighted by atomic mass is 10.0. The van der Waals surface area contributed by atoms with Crippen LogP contribution in [0.4, 0.5) is 10.5 Å². The predicted octanol–water partition coefficient (Wildman–Crippen LogP) is 2.92. The van der Waals surface area contributed by atoms with E-state index in [2.05, 4.69) is 22.7 Å². The molecule has 0 aliphatic heterocycles. The van der Waals surface area contributed by atoms with E-state index in [1.165, 1.54) is 5.56 Å². The van der Waals surface area contributed by atoms with E-state index in [9.17, 15) is 4.79 Å². The molecule has 5 N–H and O–H groups in total. The molecule has 1 unspecified atom stereocenters. The molecule has 0 heterocycles. The largest absolute Gasteiger partial charge is 0.393 e. The molecular formula is C20H25ClN4O3. The molecule has 0 fully saturated rings. The molecule has 0 aliphatic rings. The van der Waals surface area contributed by atoms with Gasteiger partial charge >= 0.3 is 6.03 Å². The van der Waals surface area contributed by atoms with E-state index in [1.807, 2.05) is 24.3 Å². The van der Waals surface area contributed by atoms with Crippen LogP contribution in [-0.4, -0.2) is 36.2 Å². The van der Waals surface area contributed by atoms with Crippen LogP contribution in [0.25, 0.3) is 0 Å². The zero-order valence-electron chi connectivity index (χ0n) is 15.7. The van der Waals surface area contributed by atoms with Gasteiger partial charge in [-0.05, 0) is 41.8 Å². The summed E-state index contributed by atoms with van der Waals surface area (Å²) >= 11 is 5.85. The van der Waals surface area contributed by atoms with Gasteiger partial charge in [0.05, 0.1) is 12.6 Å². The quantitative estimate of drug-likeness (QED) is 0.223. The predicted molar refractivity (Wildman–Crippen MR) is 112 cm³/mol.